The second-order valence-corrected chi connectivity index (χ2v) is 10.2. The van der Waals surface area contributed by atoms with Crippen LogP contribution >= 0.6 is 0 Å². The van der Waals surface area contributed by atoms with Crippen molar-refractivity contribution in [2.24, 2.45) is 13.0 Å². The van der Waals surface area contributed by atoms with E-state index in [-0.39, 0.29) is 23.8 Å². The van der Waals surface area contributed by atoms with Crippen LogP contribution in [0.5, 0.6) is 0 Å². The SMILES string of the molecule is CC(C)CC(C(=O)N1CCN(C)CC1)N1C(=O)c2ccccc2C1c1cn(C)c2ccccc12. The van der Waals surface area contributed by atoms with E-state index in [1.807, 2.05) is 53.2 Å². The third kappa shape index (κ3) is 3.80. The molecule has 3 heterocycles. The molecule has 2 aromatic carbocycles. The van der Waals surface area contributed by atoms with Gasteiger partial charge in [-0.25, -0.2) is 0 Å². The maximum Gasteiger partial charge on any atom is 0.255 e. The summed E-state index contributed by atoms with van der Waals surface area (Å²) in [6.07, 6.45) is 2.77. The van der Waals surface area contributed by atoms with Crippen molar-refractivity contribution in [3.05, 3.63) is 71.4 Å². The number of rotatable bonds is 5. The van der Waals surface area contributed by atoms with E-state index in [1.165, 1.54) is 0 Å². The van der Waals surface area contributed by atoms with Crippen LogP contribution in [-0.2, 0) is 11.8 Å². The Balaban J connectivity index is 1.63. The summed E-state index contributed by atoms with van der Waals surface area (Å²) in [6, 6.07) is 15.4. The fourth-order valence-corrected chi connectivity index (χ4v) is 5.58. The Hall–Kier alpha value is -3.12. The quantitative estimate of drug-likeness (QED) is 0.583. The lowest BCUT2D eigenvalue weighted by atomic mass is 9.94. The Morgan fingerprint density at radius 1 is 0.941 bits per heavy atom. The van der Waals surface area contributed by atoms with Gasteiger partial charge >= 0.3 is 0 Å². The minimum Gasteiger partial charge on any atom is -0.350 e. The summed E-state index contributed by atoms with van der Waals surface area (Å²) in [4.78, 5) is 34.0. The minimum atomic E-state index is -0.493. The van der Waals surface area contributed by atoms with Gasteiger partial charge in [-0.2, -0.15) is 0 Å². The van der Waals surface area contributed by atoms with Gasteiger partial charge in [0.25, 0.3) is 5.91 Å². The highest BCUT2D eigenvalue weighted by atomic mass is 16.2. The monoisotopic (exact) mass is 458 g/mol. The first-order valence-electron chi connectivity index (χ1n) is 12.3. The smallest absolute Gasteiger partial charge is 0.255 e. The molecular formula is C28H34N4O2. The molecule has 2 atom stereocenters. The number of aryl methyl sites for hydroxylation is 1. The van der Waals surface area contributed by atoms with Crippen LogP contribution in [0.3, 0.4) is 0 Å². The summed E-state index contributed by atoms with van der Waals surface area (Å²) in [5.41, 5.74) is 3.90. The van der Waals surface area contributed by atoms with Crippen LogP contribution in [0.1, 0.15) is 47.8 Å². The summed E-state index contributed by atoms with van der Waals surface area (Å²) in [6.45, 7) is 7.40. The van der Waals surface area contributed by atoms with E-state index in [4.69, 9.17) is 0 Å². The van der Waals surface area contributed by atoms with Gasteiger partial charge in [-0.3, -0.25) is 9.59 Å². The van der Waals surface area contributed by atoms with E-state index in [1.54, 1.807) is 0 Å². The molecule has 5 rings (SSSR count). The lowest BCUT2D eigenvalue weighted by Gasteiger charge is -2.39. The van der Waals surface area contributed by atoms with Gasteiger partial charge in [-0.15, -0.1) is 0 Å². The minimum absolute atomic E-state index is 0.0401. The Labute approximate surface area is 201 Å². The molecule has 178 valence electrons. The molecule has 2 amide bonds. The van der Waals surface area contributed by atoms with Gasteiger partial charge in [-0.05, 0) is 37.1 Å². The Kier molecular flexibility index (Phi) is 5.94. The molecular weight excluding hydrogens is 424 g/mol. The molecule has 2 aliphatic heterocycles. The van der Waals surface area contributed by atoms with Crippen LogP contribution in [0, 0.1) is 5.92 Å². The zero-order valence-electron chi connectivity index (χ0n) is 20.6. The topological polar surface area (TPSA) is 48.8 Å². The molecule has 3 aromatic rings. The van der Waals surface area contributed by atoms with Crippen LogP contribution in [0.15, 0.2) is 54.7 Å². The average Bonchev–Trinajstić information content (AvgIpc) is 3.32. The molecule has 1 aromatic heterocycles. The molecule has 0 saturated carbocycles. The highest BCUT2D eigenvalue weighted by Gasteiger charge is 2.46. The van der Waals surface area contributed by atoms with Gasteiger partial charge in [0.2, 0.25) is 5.91 Å². The third-order valence-corrected chi connectivity index (χ3v) is 7.35. The highest BCUT2D eigenvalue weighted by molar-refractivity contribution is 6.03. The lowest BCUT2D eigenvalue weighted by Crippen LogP contribution is -2.55. The van der Waals surface area contributed by atoms with Gasteiger partial charge in [0.15, 0.2) is 0 Å². The van der Waals surface area contributed by atoms with Gasteiger partial charge < -0.3 is 19.3 Å². The predicted octanol–water partition coefficient (Wildman–Crippen LogP) is 3.91. The van der Waals surface area contributed by atoms with Crippen LogP contribution in [0.2, 0.25) is 0 Å². The molecule has 0 radical (unpaired) electrons. The normalized spacial score (nSPS) is 19.8. The number of fused-ring (bicyclic) bond motifs is 2. The first kappa shape index (κ1) is 22.7. The molecule has 0 aliphatic carbocycles. The lowest BCUT2D eigenvalue weighted by molar-refractivity contribution is -0.138. The largest absolute Gasteiger partial charge is 0.350 e. The number of nitrogens with zero attached hydrogens (tertiary/aromatic N) is 4. The molecule has 34 heavy (non-hydrogen) atoms. The van der Waals surface area contributed by atoms with Crippen molar-refractivity contribution >= 4 is 22.7 Å². The summed E-state index contributed by atoms with van der Waals surface area (Å²) in [5.74, 6) is 0.320. The predicted molar refractivity (Wildman–Crippen MR) is 135 cm³/mol. The molecule has 1 fully saturated rings. The van der Waals surface area contributed by atoms with Crippen molar-refractivity contribution in [1.29, 1.82) is 0 Å². The molecule has 6 nitrogen and oxygen atoms in total. The fraction of sp³-hybridized carbons (Fsp3) is 0.429. The number of para-hydroxylation sites is 1. The van der Waals surface area contributed by atoms with Crippen molar-refractivity contribution in [3.63, 3.8) is 0 Å². The van der Waals surface area contributed by atoms with Crippen LogP contribution < -0.4 is 0 Å². The second-order valence-electron chi connectivity index (χ2n) is 10.2. The van der Waals surface area contributed by atoms with Crippen molar-refractivity contribution < 1.29 is 9.59 Å². The number of aromatic nitrogens is 1. The Morgan fingerprint density at radius 2 is 1.62 bits per heavy atom. The highest BCUT2D eigenvalue weighted by Crippen LogP contribution is 2.43. The van der Waals surface area contributed by atoms with Gasteiger partial charge in [0.05, 0.1) is 6.04 Å². The summed E-state index contributed by atoms with van der Waals surface area (Å²) >= 11 is 0. The first-order chi connectivity index (χ1) is 16.4. The van der Waals surface area contributed by atoms with Crippen LogP contribution in [0.25, 0.3) is 10.9 Å². The molecule has 1 saturated heterocycles. The molecule has 6 heteroatoms. The maximum absolute atomic E-state index is 14.0. The zero-order chi connectivity index (χ0) is 24.0. The van der Waals surface area contributed by atoms with E-state index in [0.29, 0.717) is 25.1 Å². The third-order valence-electron chi connectivity index (χ3n) is 7.35. The van der Waals surface area contributed by atoms with Crippen molar-refractivity contribution in [2.75, 3.05) is 33.2 Å². The number of hydrogen-bond acceptors (Lipinski definition) is 3. The number of hydrogen-bond donors (Lipinski definition) is 0. The van der Waals surface area contributed by atoms with E-state index in [0.717, 1.165) is 35.1 Å². The Morgan fingerprint density at radius 3 is 2.35 bits per heavy atom. The number of benzene rings is 2. The average molecular weight is 459 g/mol. The van der Waals surface area contributed by atoms with Gasteiger partial charge in [-0.1, -0.05) is 50.2 Å². The number of carbonyl (C=O) groups excluding carboxylic acids is 2. The molecule has 2 aliphatic rings. The van der Waals surface area contributed by atoms with E-state index >= 15 is 0 Å². The van der Waals surface area contributed by atoms with Gasteiger partial charge in [0, 0.05) is 61.5 Å². The van der Waals surface area contributed by atoms with Crippen LogP contribution in [-0.4, -0.2) is 70.3 Å². The summed E-state index contributed by atoms with van der Waals surface area (Å²) < 4.78 is 2.12. The molecule has 0 spiro atoms. The van der Waals surface area contributed by atoms with Gasteiger partial charge in [0.1, 0.15) is 6.04 Å². The Bertz CT molecular complexity index is 1220. The van der Waals surface area contributed by atoms with Crippen LogP contribution in [0.4, 0.5) is 0 Å². The van der Waals surface area contributed by atoms with Crippen molar-refractivity contribution in [1.82, 2.24) is 19.3 Å². The number of likely N-dealkylation sites (N-methyl/N-ethyl adjacent to an activating group) is 1. The van der Waals surface area contributed by atoms with E-state index in [9.17, 15) is 9.59 Å². The fourth-order valence-electron chi connectivity index (χ4n) is 5.58. The molecule has 0 N–H and O–H groups in total. The van der Waals surface area contributed by atoms with Crippen molar-refractivity contribution in [2.45, 2.75) is 32.4 Å². The second kappa shape index (κ2) is 8.91. The van der Waals surface area contributed by atoms with Crippen molar-refractivity contribution in [3.8, 4) is 0 Å². The number of amides is 2. The standard InChI is InChI=1S/C28H34N4O2/c1-19(2)17-25(28(34)31-15-13-29(3)14-16-31)32-26(21-10-5-6-11-22(21)27(32)33)23-18-30(4)24-12-8-7-9-20(23)24/h5-12,18-19,25-26H,13-17H2,1-4H3. The zero-order valence-corrected chi connectivity index (χ0v) is 20.6. The van der Waals surface area contributed by atoms with E-state index < -0.39 is 6.04 Å². The first-order valence-corrected chi connectivity index (χ1v) is 12.3. The summed E-state index contributed by atoms with van der Waals surface area (Å²) in [5, 5.41) is 1.12. The molecule has 0 bridgehead atoms. The number of piperazine rings is 1. The molecule has 2 unspecified atom stereocenters. The summed E-state index contributed by atoms with van der Waals surface area (Å²) in [7, 11) is 4.13. The van der Waals surface area contributed by atoms with E-state index in [2.05, 4.69) is 48.7 Å². The number of carbonyl (C=O) groups is 2. The maximum atomic E-state index is 14.0.